The van der Waals surface area contributed by atoms with E-state index in [0.717, 1.165) is 5.56 Å². The van der Waals surface area contributed by atoms with Crippen LogP contribution in [0.3, 0.4) is 0 Å². The van der Waals surface area contributed by atoms with Gasteiger partial charge in [0.15, 0.2) is 0 Å². The van der Waals surface area contributed by atoms with E-state index in [1.165, 1.54) is 22.9 Å². The first-order valence-corrected chi connectivity index (χ1v) is 8.71. The van der Waals surface area contributed by atoms with Crippen molar-refractivity contribution in [2.24, 2.45) is 0 Å². The van der Waals surface area contributed by atoms with Crippen LogP contribution in [0.1, 0.15) is 24.9 Å². The summed E-state index contributed by atoms with van der Waals surface area (Å²) in [6.07, 6.45) is 0.136. The van der Waals surface area contributed by atoms with Crippen LogP contribution in [0.25, 0.3) is 11.3 Å². The summed E-state index contributed by atoms with van der Waals surface area (Å²) in [4.78, 5) is 24.2. The van der Waals surface area contributed by atoms with Gasteiger partial charge in [0.1, 0.15) is 5.82 Å². The minimum absolute atomic E-state index is 0.117. The van der Waals surface area contributed by atoms with E-state index in [-0.39, 0.29) is 36.3 Å². The van der Waals surface area contributed by atoms with Crippen LogP contribution in [0, 0.1) is 5.82 Å². The predicted octanol–water partition coefficient (Wildman–Crippen LogP) is 3.32. The Hall–Kier alpha value is -3.28. The average Bonchev–Trinajstić information content (AvgIpc) is 2.68. The van der Waals surface area contributed by atoms with Gasteiger partial charge in [-0.15, -0.1) is 0 Å². The lowest BCUT2D eigenvalue weighted by Crippen LogP contribution is -2.30. The molecule has 0 unspecified atom stereocenters. The SMILES string of the molecule is C[C@@H](NC(=O)CCn1nc(-c2ccc(F)cc2)ccc1=O)c1ccccc1. The number of nitrogens with zero attached hydrogens (tertiary/aromatic N) is 2. The molecule has 0 aliphatic rings. The molecule has 3 rings (SSSR count). The second kappa shape index (κ2) is 8.40. The molecule has 3 aromatic rings. The van der Waals surface area contributed by atoms with Gasteiger partial charge in [0.2, 0.25) is 5.91 Å². The third-order valence-corrected chi connectivity index (χ3v) is 4.23. The molecule has 0 saturated carbocycles. The van der Waals surface area contributed by atoms with Crippen LogP contribution in [0.4, 0.5) is 4.39 Å². The molecule has 27 heavy (non-hydrogen) atoms. The zero-order chi connectivity index (χ0) is 19.2. The largest absolute Gasteiger partial charge is 0.350 e. The lowest BCUT2D eigenvalue weighted by atomic mass is 10.1. The Kier molecular flexibility index (Phi) is 5.76. The lowest BCUT2D eigenvalue weighted by molar-refractivity contribution is -0.122. The summed E-state index contributed by atoms with van der Waals surface area (Å²) >= 11 is 0. The summed E-state index contributed by atoms with van der Waals surface area (Å²) < 4.78 is 14.3. The van der Waals surface area contributed by atoms with Crippen molar-refractivity contribution in [2.75, 3.05) is 0 Å². The number of hydrogen-bond donors (Lipinski definition) is 1. The van der Waals surface area contributed by atoms with Crippen LogP contribution in [-0.2, 0) is 11.3 Å². The quantitative estimate of drug-likeness (QED) is 0.729. The summed E-state index contributed by atoms with van der Waals surface area (Å²) in [5.74, 6) is -0.497. The smallest absolute Gasteiger partial charge is 0.266 e. The Labute approximate surface area is 156 Å². The molecule has 1 atom stereocenters. The summed E-state index contributed by atoms with van der Waals surface area (Å²) in [7, 11) is 0. The molecule has 0 bridgehead atoms. The predicted molar refractivity (Wildman–Crippen MR) is 102 cm³/mol. The van der Waals surface area contributed by atoms with Gasteiger partial charge < -0.3 is 5.32 Å². The Bertz CT molecular complexity index is 969. The number of aromatic nitrogens is 2. The molecule has 0 aliphatic carbocycles. The average molecular weight is 365 g/mol. The highest BCUT2D eigenvalue weighted by Crippen LogP contribution is 2.15. The van der Waals surface area contributed by atoms with Gasteiger partial charge in [0.05, 0.1) is 18.3 Å². The van der Waals surface area contributed by atoms with Crippen molar-refractivity contribution in [1.29, 1.82) is 0 Å². The molecule has 138 valence electrons. The molecule has 1 heterocycles. The molecule has 1 amide bonds. The van der Waals surface area contributed by atoms with Gasteiger partial charge in [-0.2, -0.15) is 5.10 Å². The Balaban J connectivity index is 1.65. The van der Waals surface area contributed by atoms with E-state index in [0.29, 0.717) is 11.3 Å². The van der Waals surface area contributed by atoms with Gasteiger partial charge in [0.25, 0.3) is 5.56 Å². The summed E-state index contributed by atoms with van der Waals surface area (Å²) in [5, 5.41) is 7.20. The fourth-order valence-electron chi connectivity index (χ4n) is 2.73. The monoisotopic (exact) mass is 365 g/mol. The van der Waals surface area contributed by atoms with Crippen molar-refractivity contribution in [3.8, 4) is 11.3 Å². The first-order valence-electron chi connectivity index (χ1n) is 8.71. The fourth-order valence-corrected chi connectivity index (χ4v) is 2.73. The molecular weight excluding hydrogens is 345 g/mol. The highest BCUT2D eigenvalue weighted by molar-refractivity contribution is 5.76. The van der Waals surface area contributed by atoms with E-state index < -0.39 is 0 Å². The van der Waals surface area contributed by atoms with Crippen molar-refractivity contribution in [1.82, 2.24) is 15.1 Å². The molecule has 0 spiro atoms. The first kappa shape index (κ1) is 18.5. The molecule has 1 aromatic heterocycles. The Morgan fingerprint density at radius 1 is 1.07 bits per heavy atom. The molecule has 6 heteroatoms. The van der Waals surface area contributed by atoms with Crippen LogP contribution in [0.2, 0.25) is 0 Å². The number of carbonyl (C=O) groups excluding carboxylic acids is 1. The second-order valence-electron chi connectivity index (χ2n) is 6.24. The van der Waals surface area contributed by atoms with E-state index in [4.69, 9.17) is 0 Å². The number of rotatable bonds is 6. The van der Waals surface area contributed by atoms with Crippen molar-refractivity contribution < 1.29 is 9.18 Å². The number of amides is 1. The maximum absolute atomic E-state index is 13.1. The first-order chi connectivity index (χ1) is 13.0. The minimum atomic E-state index is -0.337. The van der Waals surface area contributed by atoms with Crippen LogP contribution in [0.15, 0.2) is 71.5 Å². The molecule has 0 saturated heterocycles. The third kappa shape index (κ3) is 4.88. The number of benzene rings is 2. The van der Waals surface area contributed by atoms with Crippen molar-refractivity contribution >= 4 is 5.91 Å². The zero-order valence-corrected chi connectivity index (χ0v) is 14.9. The van der Waals surface area contributed by atoms with Gasteiger partial charge in [-0.3, -0.25) is 9.59 Å². The summed E-state index contributed by atoms with van der Waals surface area (Å²) in [6.45, 7) is 2.08. The highest BCUT2D eigenvalue weighted by Gasteiger charge is 2.10. The van der Waals surface area contributed by atoms with Gasteiger partial charge in [-0.25, -0.2) is 9.07 Å². The minimum Gasteiger partial charge on any atom is -0.350 e. The van der Waals surface area contributed by atoms with Crippen LogP contribution >= 0.6 is 0 Å². The topological polar surface area (TPSA) is 64.0 Å². The maximum Gasteiger partial charge on any atom is 0.266 e. The van der Waals surface area contributed by atoms with Gasteiger partial charge in [0, 0.05) is 18.1 Å². The highest BCUT2D eigenvalue weighted by atomic mass is 19.1. The van der Waals surface area contributed by atoms with E-state index >= 15 is 0 Å². The molecule has 5 nitrogen and oxygen atoms in total. The van der Waals surface area contributed by atoms with Crippen molar-refractivity contribution in [2.45, 2.75) is 25.9 Å². The number of carbonyl (C=O) groups is 1. The van der Waals surface area contributed by atoms with Gasteiger partial charge in [-0.1, -0.05) is 30.3 Å². The molecule has 1 N–H and O–H groups in total. The van der Waals surface area contributed by atoms with Crippen molar-refractivity contribution in [3.05, 3.63) is 88.5 Å². The van der Waals surface area contributed by atoms with Gasteiger partial charge >= 0.3 is 0 Å². The van der Waals surface area contributed by atoms with Crippen LogP contribution in [-0.4, -0.2) is 15.7 Å². The van der Waals surface area contributed by atoms with E-state index in [2.05, 4.69) is 10.4 Å². The van der Waals surface area contributed by atoms with Crippen LogP contribution in [0.5, 0.6) is 0 Å². The number of aryl methyl sites for hydroxylation is 1. The summed E-state index contributed by atoms with van der Waals surface area (Å²) in [5.41, 5.74) is 1.98. The molecule has 0 fully saturated rings. The number of hydrogen-bond acceptors (Lipinski definition) is 3. The van der Waals surface area contributed by atoms with Gasteiger partial charge in [-0.05, 0) is 42.8 Å². The van der Waals surface area contributed by atoms with Crippen LogP contribution < -0.4 is 10.9 Å². The Morgan fingerprint density at radius 3 is 2.48 bits per heavy atom. The number of nitrogens with one attached hydrogen (secondary N) is 1. The van der Waals surface area contributed by atoms with Crippen molar-refractivity contribution in [3.63, 3.8) is 0 Å². The third-order valence-electron chi connectivity index (χ3n) is 4.23. The standard InChI is InChI=1S/C21H20FN3O2/c1-15(16-5-3-2-4-6-16)23-20(26)13-14-25-21(27)12-11-19(24-25)17-7-9-18(22)10-8-17/h2-12,15H,13-14H2,1H3,(H,23,26)/t15-/m1/s1. The fraction of sp³-hybridized carbons (Fsp3) is 0.190. The summed E-state index contributed by atoms with van der Waals surface area (Å²) in [6, 6.07) is 18.4. The second-order valence-corrected chi connectivity index (χ2v) is 6.24. The molecular formula is C21H20FN3O2. The molecule has 0 radical (unpaired) electrons. The molecule has 2 aromatic carbocycles. The zero-order valence-electron chi connectivity index (χ0n) is 14.9. The van der Waals surface area contributed by atoms with E-state index in [1.54, 1.807) is 18.2 Å². The van der Waals surface area contributed by atoms with E-state index in [1.807, 2.05) is 37.3 Å². The lowest BCUT2D eigenvalue weighted by Gasteiger charge is -2.14. The molecule has 0 aliphatic heterocycles. The Morgan fingerprint density at radius 2 is 1.78 bits per heavy atom. The maximum atomic E-state index is 13.1. The van der Waals surface area contributed by atoms with E-state index in [9.17, 15) is 14.0 Å². The normalized spacial score (nSPS) is 11.8. The number of halogens is 1.